The molecule has 1 aliphatic heterocycles. The Bertz CT molecular complexity index is 1060. The van der Waals surface area contributed by atoms with Gasteiger partial charge in [0.15, 0.2) is 0 Å². The second kappa shape index (κ2) is 10.4. The van der Waals surface area contributed by atoms with Crippen molar-refractivity contribution in [3.05, 3.63) is 59.2 Å². The van der Waals surface area contributed by atoms with E-state index in [-0.39, 0.29) is 29.2 Å². The van der Waals surface area contributed by atoms with Crippen LogP contribution in [0.4, 0.5) is 0 Å². The largest absolute Gasteiger partial charge is 0.508 e. The van der Waals surface area contributed by atoms with Crippen LogP contribution in [0.5, 0.6) is 17.2 Å². The molecule has 0 bridgehead atoms. The number of likely N-dealkylation sites (tertiary alicyclic amines) is 1. The number of ether oxygens (including phenoxy) is 2. The zero-order valence-corrected chi connectivity index (χ0v) is 19.4. The SMILES string of the molecule is CCOc1ccc(/C(O)=C2/C(=O)C(=O)N(CCN(C)C)C2c2cccc(O)c2)c(OCC)c1. The summed E-state index contributed by atoms with van der Waals surface area (Å²) in [6, 6.07) is 10.4. The van der Waals surface area contributed by atoms with Gasteiger partial charge in [0.2, 0.25) is 0 Å². The molecule has 1 amide bonds. The summed E-state index contributed by atoms with van der Waals surface area (Å²) in [5, 5.41) is 21.4. The van der Waals surface area contributed by atoms with E-state index in [4.69, 9.17) is 9.47 Å². The smallest absolute Gasteiger partial charge is 0.295 e. The minimum Gasteiger partial charge on any atom is -0.508 e. The molecule has 1 saturated heterocycles. The molecule has 8 heteroatoms. The van der Waals surface area contributed by atoms with Gasteiger partial charge in [-0.3, -0.25) is 9.59 Å². The van der Waals surface area contributed by atoms with Gasteiger partial charge in [0.1, 0.15) is 23.0 Å². The summed E-state index contributed by atoms with van der Waals surface area (Å²) >= 11 is 0. The molecule has 0 aliphatic carbocycles. The lowest BCUT2D eigenvalue weighted by Gasteiger charge is -2.26. The molecule has 1 unspecified atom stereocenters. The van der Waals surface area contributed by atoms with E-state index in [2.05, 4.69) is 0 Å². The van der Waals surface area contributed by atoms with Crippen LogP contribution in [0.15, 0.2) is 48.0 Å². The fourth-order valence-electron chi connectivity index (χ4n) is 3.83. The van der Waals surface area contributed by atoms with Crippen molar-refractivity contribution in [2.24, 2.45) is 0 Å². The van der Waals surface area contributed by atoms with Crippen molar-refractivity contribution in [3.8, 4) is 17.2 Å². The molecule has 0 saturated carbocycles. The van der Waals surface area contributed by atoms with Gasteiger partial charge in [-0.25, -0.2) is 0 Å². The van der Waals surface area contributed by atoms with E-state index in [1.54, 1.807) is 30.3 Å². The number of ketones is 1. The molecule has 0 aromatic heterocycles. The topological polar surface area (TPSA) is 99.5 Å². The molecule has 1 atom stereocenters. The number of amides is 1. The Hall–Kier alpha value is -3.52. The molecule has 0 spiro atoms. The number of nitrogens with zero attached hydrogens (tertiary/aromatic N) is 2. The summed E-state index contributed by atoms with van der Waals surface area (Å²) in [5.41, 5.74) is 0.768. The lowest BCUT2D eigenvalue weighted by Crippen LogP contribution is -2.35. The molecule has 3 rings (SSSR count). The van der Waals surface area contributed by atoms with E-state index in [0.717, 1.165) is 0 Å². The molecule has 1 aliphatic rings. The predicted octanol–water partition coefficient (Wildman–Crippen LogP) is 3.17. The number of Topliss-reactive ketones (excluding diaryl/α,β-unsaturated/α-hetero) is 1. The first-order chi connectivity index (χ1) is 15.8. The van der Waals surface area contributed by atoms with E-state index >= 15 is 0 Å². The number of likely N-dealkylation sites (N-methyl/N-ethyl adjacent to an activating group) is 1. The fraction of sp³-hybridized carbons (Fsp3) is 0.360. The number of rotatable bonds is 9. The van der Waals surface area contributed by atoms with E-state index in [1.807, 2.05) is 32.8 Å². The van der Waals surface area contributed by atoms with Crippen LogP contribution in [0.3, 0.4) is 0 Å². The van der Waals surface area contributed by atoms with Gasteiger partial charge in [-0.05, 0) is 57.8 Å². The Morgan fingerprint density at radius 1 is 1.06 bits per heavy atom. The zero-order valence-electron chi connectivity index (χ0n) is 19.4. The summed E-state index contributed by atoms with van der Waals surface area (Å²) in [6.07, 6.45) is 0. The van der Waals surface area contributed by atoms with Gasteiger partial charge in [0, 0.05) is 19.2 Å². The molecular weight excluding hydrogens is 424 g/mol. The van der Waals surface area contributed by atoms with Crippen molar-refractivity contribution in [2.45, 2.75) is 19.9 Å². The average Bonchev–Trinajstić information content (AvgIpc) is 3.02. The number of phenolic OH excluding ortho intramolecular Hbond substituents is 1. The summed E-state index contributed by atoms with van der Waals surface area (Å²) in [7, 11) is 3.74. The maximum absolute atomic E-state index is 13.1. The zero-order chi connectivity index (χ0) is 24.1. The van der Waals surface area contributed by atoms with E-state index < -0.39 is 17.7 Å². The minimum atomic E-state index is -0.849. The van der Waals surface area contributed by atoms with Crippen molar-refractivity contribution in [1.29, 1.82) is 0 Å². The first-order valence-electron chi connectivity index (χ1n) is 10.9. The van der Waals surface area contributed by atoms with Crippen molar-refractivity contribution in [3.63, 3.8) is 0 Å². The molecule has 1 heterocycles. The lowest BCUT2D eigenvalue weighted by molar-refractivity contribution is -0.140. The Morgan fingerprint density at radius 2 is 1.79 bits per heavy atom. The average molecular weight is 455 g/mol. The van der Waals surface area contributed by atoms with Crippen LogP contribution in [-0.2, 0) is 9.59 Å². The van der Waals surface area contributed by atoms with Gasteiger partial charge < -0.3 is 29.5 Å². The number of carbonyl (C=O) groups is 2. The molecule has 2 aromatic carbocycles. The second-order valence-corrected chi connectivity index (χ2v) is 7.91. The van der Waals surface area contributed by atoms with Crippen LogP contribution in [0.25, 0.3) is 5.76 Å². The van der Waals surface area contributed by atoms with Crippen LogP contribution in [0.1, 0.15) is 31.0 Å². The summed E-state index contributed by atoms with van der Waals surface area (Å²) in [5.74, 6) is -0.905. The third-order valence-corrected chi connectivity index (χ3v) is 5.33. The first kappa shape index (κ1) is 24.1. The highest BCUT2D eigenvalue weighted by atomic mass is 16.5. The molecule has 33 heavy (non-hydrogen) atoms. The number of aromatic hydroxyl groups is 1. The summed E-state index contributed by atoms with van der Waals surface area (Å²) < 4.78 is 11.2. The molecular formula is C25H30N2O6. The maximum atomic E-state index is 13.1. The van der Waals surface area contributed by atoms with Crippen molar-refractivity contribution < 1.29 is 29.3 Å². The monoisotopic (exact) mass is 454 g/mol. The van der Waals surface area contributed by atoms with Crippen LogP contribution < -0.4 is 9.47 Å². The highest BCUT2D eigenvalue weighted by Crippen LogP contribution is 2.42. The summed E-state index contributed by atoms with van der Waals surface area (Å²) in [4.78, 5) is 29.4. The van der Waals surface area contributed by atoms with Crippen LogP contribution in [0, 0.1) is 0 Å². The molecule has 8 nitrogen and oxygen atoms in total. The van der Waals surface area contributed by atoms with Crippen LogP contribution in [-0.4, -0.2) is 72.1 Å². The Labute approximate surface area is 193 Å². The van der Waals surface area contributed by atoms with Gasteiger partial charge in [-0.2, -0.15) is 0 Å². The molecule has 2 N–H and O–H groups in total. The number of aliphatic hydroxyl groups excluding tert-OH is 1. The van der Waals surface area contributed by atoms with E-state index in [1.165, 1.54) is 17.0 Å². The Morgan fingerprint density at radius 3 is 2.42 bits per heavy atom. The Balaban J connectivity index is 2.18. The van der Waals surface area contributed by atoms with Gasteiger partial charge in [-0.1, -0.05) is 12.1 Å². The Kier molecular flexibility index (Phi) is 7.60. The van der Waals surface area contributed by atoms with Gasteiger partial charge >= 0.3 is 0 Å². The molecule has 2 aromatic rings. The van der Waals surface area contributed by atoms with Crippen LogP contribution in [0.2, 0.25) is 0 Å². The maximum Gasteiger partial charge on any atom is 0.295 e. The summed E-state index contributed by atoms with van der Waals surface area (Å²) in [6.45, 7) is 5.27. The number of benzene rings is 2. The number of hydrogen-bond donors (Lipinski definition) is 2. The fourth-order valence-corrected chi connectivity index (χ4v) is 3.83. The number of aliphatic hydroxyl groups is 1. The highest BCUT2D eigenvalue weighted by molar-refractivity contribution is 6.46. The molecule has 1 fully saturated rings. The van der Waals surface area contributed by atoms with Crippen molar-refractivity contribution >= 4 is 17.4 Å². The highest BCUT2D eigenvalue weighted by Gasteiger charge is 2.46. The number of phenols is 1. The standard InChI is InChI=1S/C25H30N2O6/c1-5-32-18-10-11-19(20(15-18)33-6-2)23(29)21-22(16-8-7-9-17(28)14-16)27(13-12-26(3)4)25(31)24(21)30/h7-11,14-15,22,28-29H,5-6,12-13H2,1-4H3/b23-21-. The second-order valence-electron chi connectivity index (χ2n) is 7.91. The quantitative estimate of drug-likeness (QED) is 0.341. The van der Waals surface area contributed by atoms with Crippen molar-refractivity contribution in [2.75, 3.05) is 40.4 Å². The van der Waals surface area contributed by atoms with Gasteiger partial charge in [0.25, 0.3) is 11.7 Å². The third-order valence-electron chi connectivity index (χ3n) is 5.33. The van der Waals surface area contributed by atoms with Gasteiger partial charge in [0.05, 0.1) is 30.4 Å². The van der Waals surface area contributed by atoms with Gasteiger partial charge in [-0.15, -0.1) is 0 Å². The van der Waals surface area contributed by atoms with Crippen LogP contribution >= 0.6 is 0 Å². The first-order valence-corrected chi connectivity index (χ1v) is 10.9. The molecule has 176 valence electrons. The normalized spacial score (nSPS) is 17.6. The lowest BCUT2D eigenvalue weighted by atomic mass is 9.94. The van der Waals surface area contributed by atoms with Crippen molar-refractivity contribution in [1.82, 2.24) is 9.80 Å². The number of carbonyl (C=O) groups excluding carboxylic acids is 2. The minimum absolute atomic E-state index is 0.00164. The molecule has 0 radical (unpaired) electrons. The predicted molar refractivity (Wildman–Crippen MR) is 124 cm³/mol. The van der Waals surface area contributed by atoms with E-state index in [9.17, 15) is 19.8 Å². The van der Waals surface area contributed by atoms with E-state index in [0.29, 0.717) is 36.8 Å². The third kappa shape index (κ3) is 5.12. The number of hydrogen-bond acceptors (Lipinski definition) is 7.